The molecule has 0 aliphatic heterocycles. The third kappa shape index (κ3) is 4.13. The van der Waals surface area contributed by atoms with Crippen molar-refractivity contribution in [1.82, 2.24) is 0 Å². The van der Waals surface area contributed by atoms with E-state index in [0.717, 1.165) is 0 Å². The molecule has 0 radical (unpaired) electrons. The maximum Gasteiger partial charge on any atom is 0.573 e. The van der Waals surface area contributed by atoms with Gasteiger partial charge in [0.15, 0.2) is 11.3 Å². The van der Waals surface area contributed by atoms with Crippen molar-refractivity contribution in [2.75, 3.05) is 0 Å². The van der Waals surface area contributed by atoms with Gasteiger partial charge in [0.05, 0.1) is 4.92 Å². The van der Waals surface area contributed by atoms with Gasteiger partial charge in [-0.1, -0.05) is 0 Å². The highest BCUT2D eigenvalue weighted by molar-refractivity contribution is 8.13. The zero-order valence-electron chi connectivity index (χ0n) is 9.70. The van der Waals surface area contributed by atoms with Crippen molar-refractivity contribution in [2.45, 2.75) is 17.4 Å². The molecule has 0 aliphatic rings. The van der Waals surface area contributed by atoms with Gasteiger partial charge >= 0.3 is 12.5 Å². The molecule has 1 aromatic rings. The van der Waals surface area contributed by atoms with Crippen molar-refractivity contribution in [1.29, 1.82) is 0 Å². The van der Waals surface area contributed by atoms with Crippen LogP contribution < -0.4 is 4.74 Å². The Labute approximate surface area is 121 Å². The van der Waals surface area contributed by atoms with Crippen LogP contribution in [0.3, 0.4) is 0 Å². The molecule has 0 aromatic heterocycles. The first-order valence-electron chi connectivity index (χ1n) is 4.73. The van der Waals surface area contributed by atoms with Gasteiger partial charge in [-0.2, -0.15) is 13.2 Å². The van der Waals surface area contributed by atoms with Gasteiger partial charge in [-0.05, 0) is 6.07 Å². The summed E-state index contributed by atoms with van der Waals surface area (Å²) in [5, 5.41) is 10.5. The number of benzene rings is 1. The van der Waals surface area contributed by atoms with Crippen LogP contribution >= 0.6 is 10.7 Å². The van der Waals surface area contributed by atoms with E-state index in [4.69, 9.17) is 0 Å². The van der Waals surface area contributed by atoms with Crippen LogP contribution in [0.2, 0.25) is 0 Å². The van der Waals surface area contributed by atoms with E-state index in [0.29, 0.717) is 0 Å². The molecule has 6 nitrogen and oxygen atoms in total. The van der Waals surface area contributed by atoms with Crippen molar-refractivity contribution in [3.05, 3.63) is 27.8 Å². The smallest absolute Gasteiger partial charge is 0.404 e. The highest BCUT2D eigenvalue weighted by atomic mass is 35.7. The summed E-state index contributed by atoms with van der Waals surface area (Å²) in [6.45, 7) is 0. The standard InChI is InChI=1S/C8H2ClF6NO5S/c9-22(19,20)6-4(21-8(13,14)15)2-1-3(16(17)18)5(6)7(10,11)12/h1-2H. The van der Waals surface area contributed by atoms with Crippen LogP contribution in [0, 0.1) is 10.1 Å². The van der Waals surface area contributed by atoms with Crippen LogP contribution in [0.5, 0.6) is 5.75 Å². The summed E-state index contributed by atoms with van der Waals surface area (Å²) < 4.78 is 100. The highest BCUT2D eigenvalue weighted by Crippen LogP contribution is 2.46. The first-order chi connectivity index (χ1) is 9.64. The molecule has 0 spiro atoms. The number of nitro benzene ring substituents is 1. The lowest BCUT2D eigenvalue weighted by Crippen LogP contribution is -2.21. The van der Waals surface area contributed by atoms with Gasteiger partial charge in [0, 0.05) is 16.7 Å². The van der Waals surface area contributed by atoms with Crippen molar-refractivity contribution in [2.24, 2.45) is 0 Å². The quantitative estimate of drug-likeness (QED) is 0.350. The molecular weight excluding hydrogens is 372 g/mol. The third-order valence-corrected chi connectivity index (χ3v) is 3.41. The largest absolute Gasteiger partial charge is 0.573 e. The van der Waals surface area contributed by atoms with Crippen molar-refractivity contribution >= 4 is 25.4 Å². The van der Waals surface area contributed by atoms with E-state index in [2.05, 4.69) is 15.4 Å². The Kier molecular flexibility index (Phi) is 4.54. The Hall–Kier alpha value is -1.76. The summed E-state index contributed by atoms with van der Waals surface area (Å²) >= 11 is 0. The Balaban J connectivity index is 3.90. The van der Waals surface area contributed by atoms with Crippen molar-refractivity contribution < 1.29 is 44.4 Å². The second kappa shape index (κ2) is 5.46. The maximum absolute atomic E-state index is 12.8. The van der Waals surface area contributed by atoms with Gasteiger partial charge in [-0.15, -0.1) is 13.2 Å². The average molecular weight is 374 g/mol. The molecule has 0 unspecified atom stereocenters. The SMILES string of the molecule is O=[N+]([O-])c1ccc(OC(F)(F)F)c(S(=O)(=O)Cl)c1C(F)(F)F. The molecular formula is C8H2ClF6NO5S. The van der Waals surface area contributed by atoms with Crippen LogP contribution in [-0.4, -0.2) is 19.7 Å². The topological polar surface area (TPSA) is 86.5 Å². The number of hydrogen-bond donors (Lipinski definition) is 0. The minimum Gasteiger partial charge on any atom is -0.404 e. The molecule has 0 bridgehead atoms. The number of rotatable bonds is 3. The van der Waals surface area contributed by atoms with E-state index in [1.165, 1.54) is 0 Å². The number of alkyl halides is 6. The van der Waals surface area contributed by atoms with Gasteiger partial charge in [-0.25, -0.2) is 8.42 Å². The Bertz CT molecular complexity index is 713. The molecule has 124 valence electrons. The Morgan fingerprint density at radius 2 is 1.64 bits per heavy atom. The van der Waals surface area contributed by atoms with E-state index >= 15 is 0 Å². The lowest BCUT2D eigenvalue weighted by Gasteiger charge is -2.16. The first kappa shape index (κ1) is 18.3. The first-order valence-corrected chi connectivity index (χ1v) is 7.04. The molecule has 1 rings (SSSR count). The Morgan fingerprint density at radius 3 is 1.95 bits per heavy atom. The predicted molar refractivity (Wildman–Crippen MR) is 57.8 cm³/mol. The molecule has 0 amide bonds. The average Bonchev–Trinajstić information content (AvgIpc) is 2.22. The number of nitrogens with zero attached hydrogens (tertiary/aromatic N) is 1. The fourth-order valence-electron chi connectivity index (χ4n) is 1.43. The molecule has 1 aromatic carbocycles. The number of hydrogen-bond acceptors (Lipinski definition) is 5. The van der Waals surface area contributed by atoms with Crippen molar-refractivity contribution in [3.63, 3.8) is 0 Å². The normalized spacial score (nSPS) is 13.0. The fraction of sp³-hybridized carbons (Fsp3) is 0.250. The molecule has 0 atom stereocenters. The maximum atomic E-state index is 12.8. The van der Waals surface area contributed by atoms with E-state index < -0.39 is 48.4 Å². The third-order valence-electron chi connectivity index (χ3n) is 2.05. The summed E-state index contributed by atoms with van der Waals surface area (Å²) in [5.41, 5.74) is -4.25. The molecule has 0 saturated carbocycles. The summed E-state index contributed by atoms with van der Waals surface area (Å²) in [5.74, 6) is -1.83. The number of halogens is 7. The predicted octanol–water partition coefficient (Wildman–Crippen LogP) is 3.44. The van der Waals surface area contributed by atoms with E-state index in [9.17, 15) is 44.9 Å². The number of ether oxygens (including phenoxy) is 1. The monoisotopic (exact) mass is 373 g/mol. The summed E-state index contributed by atoms with van der Waals surface area (Å²) in [6.07, 6.45) is -11.2. The van der Waals surface area contributed by atoms with Crippen LogP contribution in [0.1, 0.15) is 5.56 Å². The van der Waals surface area contributed by atoms with Crippen LogP contribution in [-0.2, 0) is 15.2 Å². The van der Waals surface area contributed by atoms with Gasteiger partial charge in [0.25, 0.3) is 14.7 Å². The lowest BCUT2D eigenvalue weighted by atomic mass is 10.1. The zero-order valence-corrected chi connectivity index (χ0v) is 11.3. The van der Waals surface area contributed by atoms with Crippen LogP contribution in [0.25, 0.3) is 0 Å². The summed E-state index contributed by atoms with van der Waals surface area (Å²) in [4.78, 5) is 6.74. The van der Waals surface area contributed by atoms with Crippen LogP contribution in [0.15, 0.2) is 17.0 Å². The second-order valence-electron chi connectivity index (χ2n) is 3.53. The molecule has 14 heteroatoms. The van der Waals surface area contributed by atoms with E-state index in [-0.39, 0.29) is 12.1 Å². The molecule has 0 aliphatic carbocycles. The fourth-order valence-corrected chi connectivity index (χ4v) is 2.70. The van der Waals surface area contributed by atoms with Gasteiger partial charge in [-0.3, -0.25) is 10.1 Å². The van der Waals surface area contributed by atoms with Crippen molar-refractivity contribution in [3.8, 4) is 5.75 Å². The van der Waals surface area contributed by atoms with Crippen LogP contribution in [0.4, 0.5) is 32.0 Å². The molecule has 0 heterocycles. The minimum absolute atomic E-state index is 0.0233. The van der Waals surface area contributed by atoms with E-state index in [1.54, 1.807) is 0 Å². The second-order valence-corrected chi connectivity index (χ2v) is 6.03. The van der Waals surface area contributed by atoms with Gasteiger partial charge < -0.3 is 4.74 Å². The van der Waals surface area contributed by atoms with Gasteiger partial charge in [0.2, 0.25) is 0 Å². The lowest BCUT2D eigenvalue weighted by molar-refractivity contribution is -0.388. The molecule has 22 heavy (non-hydrogen) atoms. The highest BCUT2D eigenvalue weighted by Gasteiger charge is 2.47. The summed E-state index contributed by atoms with van der Waals surface area (Å²) in [7, 11) is -0.770. The minimum atomic E-state index is -5.68. The molecule has 0 fully saturated rings. The van der Waals surface area contributed by atoms with E-state index in [1.807, 2.05) is 0 Å². The van der Waals surface area contributed by atoms with Gasteiger partial charge in [0.1, 0.15) is 4.90 Å². The molecule has 0 N–H and O–H groups in total. The zero-order chi connectivity index (χ0) is 17.5. The Morgan fingerprint density at radius 1 is 1.14 bits per heavy atom. The summed E-state index contributed by atoms with van der Waals surface area (Å²) in [6, 6.07) is 0.0750. The molecule has 0 saturated heterocycles. The number of nitro groups is 1.